The molecule has 0 saturated heterocycles. The second-order valence-corrected chi connectivity index (χ2v) is 3.85. The Morgan fingerprint density at radius 2 is 2.12 bits per heavy atom. The van der Waals surface area contributed by atoms with Crippen LogP contribution < -0.4 is 4.90 Å². The first-order valence-electron chi connectivity index (χ1n) is 5.09. The summed E-state index contributed by atoms with van der Waals surface area (Å²) in [5.41, 5.74) is 2.51. The van der Waals surface area contributed by atoms with E-state index in [9.17, 15) is 4.79 Å². The molecule has 0 amide bonds. The maximum absolute atomic E-state index is 11.0. The number of aliphatic imine (C=N–C) groups is 1. The Morgan fingerprint density at radius 3 is 2.94 bits per heavy atom. The predicted octanol–water partition coefficient (Wildman–Crippen LogP) is 2.76. The van der Waals surface area contributed by atoms with Crippen molar-refractivity contribution in [2.45, 2.75) is 0 Å². The quantitative estimate of drug-likeness (QED) is 0.678. The molecule has 0 aliphatic carbocycles. The maximum atomic E-state index is 11.0. The number of carbonyl (C=O) groups excluding carboxylic acids is 1. The summed E-state index contributed by atoms with van der Waals surface area (Å²) in [6.45, 7) is 0. The van der Waals surface area contributed by atoms with Crippen molar-refractivity contribution in [1.29, 1.82) is 0 Å². The molecule has 1 aliphatic rings. The summed E-state index contributed by atoms with van der Waals surface area (Å²) in [6.07, 6.45) is 2.60. The second-order valence-electron chi connectivity index (χ2n) is 3.85. The molecule has 0 spiro atoms. The lowest BCUT2D eigenvalue weighted by atomic mass is 10.0. The molecule has 0 radical (unpaired) electrons. The monoisotopic (exact) mass is 210 g/mol. The van der Waals surface area contributed by atoms with Gasteiger partial charge in [-0.05, 0) is 17.5 Å². The van der Waals surface area contributed by atoms with Gasteiger partial charge in [0.2, 0.25) is 0 Å². The Balaban J connectivity index is 2.51. The van der Waals surface area contributed by atoms with Gasteiger partial charge in [0.05, 0.1) is 17.7 Å². The van der Waals surface area contributed by atoms with Gasteiger partial charge in [-0.1, -0.05) is 18.2 Å². The number of hydrogen-bond donors (Lipinski definition) is 0. The molecule has 0 atom stereocenters. The van der Waals surface area contributed by atoms with E-state index in [4.69, 9.17) is 0 Å². The lowest BCUT2D eigenvalue weighted by Crippen LogP contribution is -2.16. The van der Waals surface area contributed by atoms with Crippen LogP contribution in [0, 0.1) is 0 Å². The van der Waals surface area contributed by atoms with Crippen molar-refractivity contribution in [2.24, 2.45) is 4.99 Å². The standard InChI is InChI=1S/C13H10N2O/c1-15-8-14-13-10(7-16)6-5-9-3-2-4-11(15)12(9)13/h2-8H,1H3. The van der Waals surface area contributed by atoms with Crippen molar-refractivity contribution in [2.75, 3.05) is 11.9 Å². The molecular formula is C13H10N2O. The van der Waals surface area contributed by atoms with Crippen molar-refractivity contribution >= 4 is 34.8 Å². The zero-order valence-electron chi connectivity index (χ0n) is 8.84. The van der Waals surface area contributed by atoms with Gasteiger partial charge >= 0.3 is 0 Å². The van der Waals surface area contributed by atoms with E-state index < -0.39 is 0 Å². The molecule has 1 aliphatic heterocycles. The van der Waals surface area contributed by atoms with Crippen LogP contribution in [0.4, 0.5) is 11.4 Å². The summed E-state index contributed by atoms with van der Waals surface area (Å²) in [7, 11) is 1.95. The third kappa shape index (κ3) is 1.08. The van der Waals surface area contributed by atoms with Crippen molar-refractivity contribution in [3.8, 4) is 0 Å². The van der Waals surface area contributed by atoms with Gasteiger partial charge in [0.1, 0.15) is 0 Å². The molecule has 1 heterocycles. The lowest BCUT2D eigenvalue weighted by Gasteiger charge is -2.21. The summed E-state index contributed by atoms with van der Waals surface area (Å²) < 4.78 is 0. The largest absolute Gasteiger partial charge is 0.335 e. The zero-order valence-corrected chi connectivity index (χ0v) is 8.84. The molecule has 2 aromatic rings. The van der Waals surface area contributed by atoms with Crippen LogP contribution in [0.15, 0.2) is 35.3 Å². The summed E-state index contributed by atoms with van der Waals surface area (Å²) in [5.74, 6) is 0. The number of benzene rings is 2. The van der Waals surface area contributed by atoms with Crippen LogP contribution in [0.5, 0.6) is 0 Å². The fourth-order valence-corrected chi connectivity index (χ4v) is 2.09. The molecule has 0 aromatic heterocycles. The van der Waals surface area contributed by atoms with Crippen LogP contribution in [0.25, 0.3) is 10.8 Å². The van der Waals surface area contributed by atoms with Gasteiger partial charge in [-0.15, -0.1) is 0 Å². The highest BCUT2D eigenvalue weighted by Crippen LogP contribution is 2.38. The summed E-state index contributed by atoms with van der Waals surface area (Å²) >= 11 is 0. The van der Waals surface area contributed by atoms with E-state index in [2.05, 4.69) is 4.99 Å². The zero-order chi connectivity index (χ0) is 11.1. The molecule has 0 unspecified atom stereocenters. The molecule has 0 N–H and O–H groups in total. The minimum atomic E-state index is 0.643. The number of carbonyl (C=O) groups is 1. The molecule has 0 saturated carbocycles. The van der Waals surface area contributed by atoms with Crippen LogP contribution in [0.1, 0.15) is 10.4 Å². The molecule has 0 fully saturated rings. The Bertz CT molecular complexity index is 617. The highest BCUT2D eigenvalue weighted by Gasteiger charge is 2.15. The third-order valence-electron chi connectivity index (χ3n) is 2.89. The van der Waals surface area contributed by atoms with Crippen molar-refractivity contribution in [3.05, 3.63) is 35.9 Å². The minimum Gasteiger partial charge on any atom is -0.335 e. The van der Waals surface area contributed by atoms with Crippen molar-refractivity contribution in [3.63, 3.8) is 0 Å². The van der Waals surface area contributed by atoms with Gasteiger partial charge in [-0.3, -0.25) is 4.79 Å². The summed E-state index contributed by atoms with van der Waals surface area (Å²) in [4.78, 5) is 17.3. The minimum absolute atomic E-state index is 0.643. The number of hydrogen-bond acceptors (Lipinski definition) is 3. The maximum Gasteiger partial charge on any atom is 0.152 e. The second kappa shape index (κ2) is 3.17. The van der Waals surface area contributed by atoms with Crippen LogP contribution in [-0.4, -0.2) is 19.7 Å². The summed E-state index contributed by atoms with van der Waals surface area (Å²) in [5, 5.41) is 2.17. The van der Waals surface area contributed by atoms with Gasteiger partial charge in [-0.2, -0.15) is 0 Å². The van der Waals surface area contributed by atoms with E-state index in [0.29, 0.717) is 5.56 Å². The Labute approximate surface area is 93.0 Å². The van der Waals surface area contributed by atoms with Crippen LogP contribution >= 0.6 is 0 Å². The number of aldehydes is 1. The molecule has 3 rings (SSSR count). The topological polar surface area (TPSA) is 32.7 Å². The Hall–Kier alpha value is -2.16. The van der Waals surface area contributed by atoms with Crippen LogP contribution in [-0.2, 0) is 0 Å². The van der Waals surface area contributed by atoms with E-state index in [-0.39, 0.29) is 0 Å². The van der Waals surface area contributed by atoms with Gasteiger partial charge < -0.3 is 4.90 Å². The van der Waals surface area contributed by atoms with Gasteiger partial charge in [0.15, 0.2) is 6.29 Å². The van der Waals surface area contributed by atoms with E-state index in [1.165, 1.54) is 0 Å². The van der Waals surface area contributed by atoms with Crippen LogP contribution in [0.3, 0.4) is 0 Å². The fraction of sp³-hybridized carbons (Fsp3) is 0.0769. The predicted molar refractivity (Wildman–Crippen MR) is 65.9 cm³/mol. The summed E-state index contributed by atoms with van der Waals surface area (Å²) in [6, 6.07) is 9.85. The fourth-order valence-electron chi connectivity index (χ4n) is 2.09. The molecule has 78 valence electrons. The molecule has 3 nitrogen and oxygen atoms in total. The van der Waals surface area contributed by atoms with Gasteiger partial charge in [0, 0.05) is 18.0 Å². The highest BCUT2D eigenvalue weighted by atomic mass is 16.1. The molecule has 0 bridgehead atoms. The van der Waals surface area contributed by atoms with Crippen molar-refractivity contribution < 1.29 is 4.79 Å². The van der Waals surface area contributed by atoms with E-state index in [0.717, 1.165) is 28.4 Å². The molecule has 2 aromatic carbocycles. The Kier molecular flexibility index (Phi) is 1.80. The van der Waals surface area contributed by atoms with Crippen molar-refractivity contribution in [1.82, 2.24) is 0 Å². The van der Waals surface area contributed by atoms with E-state index >= 15 is 0 Å². The average Bonchev–Trinajstić information content (AvgIpc) is 2.34. The molecule has 3 heteroatoms. The number of anilines is 1. The van der Waals surface area contributed by atoms with Gasteiger partial charge in [-0.25, -0.2) is 4.99 Å². The van der Waals surface area contributed by atoms with Crippen LogP contribution in [0.2, 0.25) is 0 Å². The first-order chi connectivity index (χ1) is 7.81. The molecule has 16 heavy (non-hydrogen) atoms. The number of nitrogens with zero attached hydrogens (tertiary/aromatic N) is 2. The van der Waals surface area contributed by atoms with E-state index in [1.54, 1.807) is 6.34 Å². The SMILES string of the molecule is CN1C=Nc2c(C=O)ccc3cccc1c23. The van der Waals surface area contributed by atoms with Gasteiger partial charge in [0.25, 0.3) is 0 Å². The first kappa shape index (κ1) is 9.09. The average molecular weight is 210 g/mol. The van der Waals surface area contributed by atoms with E-state index in [1.807, 2.05) is 42.3 Å². The molecular weight excluding hydrogens is 200 g/mol. The number of rotatable bonds is 1. The first-order valence-corrected chi connectivity index (χ1v) is 5.09. The smallest absolute Gasteiger partial charge is 0.152 e. The normalized spacial score (nSPS) is 13.2. The highest BCUT2D eigenvalue weighted by molar-refractivity contribution is 6.12. The lowest BCUT2D eigenvalue weighted by molar-refractivity contribution is 0.112. The Morgan fingerprint density at radius 1 is 1.25 bits per heavy atom. The third-order valence-corrected chi connectivity index (χ3v) is 2.89.